The number of fused-ring (bicyclic) bond motifs is 1. The van der Waals surface area contributed by atoms with Crippen molar-refractivity contribution in [2.45, 2.75) is 6.54 Å². The molecule has 0 aliphatic rings. The highest BCUT2D eigenvalue weighted by molar-refractivity contribution is 5.84. The minimum Gasteiger partial charge on any atom is -0.434 e. The van der Waals surface area contributed by atoms with E-state index in [1.54, 1.807) is 12.3 Å². The molecule has 0 aliphatic heterocycles. The first-order chi connectivity index (χ1) is 9.79. The van der Waals surface area contributed by atoms with Crippen molar-refractivity contribution in [3.63, 3.8) is 0 Å². The van der Waals surface area contributed by atoms with Crippen LogP contribution in [0.15, 0.2) is 48.8 Å². The van der Waals surface area contributed by atoms with Crippen LogP contribution in [0.25, 0.3) is 10.9 Å². The van der Waals surface area contributed by atoms with E-state index in [0.717, 1.165) is 5.39 Å². The SMILES string of the molecule is NCc1ccnc(Oc2cccc3cccnc23)c1F. The zero-order valence-electron chi connectivity index (χ0n) is 10.6. The molecule has 1 aromatic carbocycles. The second-order valence-electron chi connectivity index (χ2n) is 4.23. The number of hydrogen-bond donors (Lipinski definition) is 1. The molecule has 0 unspecified atom stereocenters. The van der Waals surface area contributed by atoms with Gasteiger partial charge in [-0.15, -0.1) is 0 Å². The number of rotatable bonds is 3. The predicted molar refractivity (Wildman–Crippen MR) is 73.9 cm³/mol. The van der Waals surface area contributed by atoms with E-state index in [0.29, 0.717) is 16.8 Å². The lowest BCUT2D eigenvalue weighted by Crippen LogP contribution is -2.02. The van der Waals surface area contributed by atoms with E-state index < -0.39 is 5.82 Å². The minimum atomic E-state index is -0.539. The average molecular weight is 269 g/mol. The van der Waals surface area contributed by atoms with Crippen LogP contribution in [-0.2, 0) is 6.54 Å². The highest BCUT2D eigenvalue weighted by Gasteiger charge is 2.12. The fourth-order valence-electron chi connectivity index (χ4n) is 1.95. The summed E-state index contributed by atoms with van der Waals surface area (Å²) in [4.78, 5) is 8.16. The van der Waals surface area contributed by atoms with Crippen LogP contribution in [0.3, 0.4) is 0 Å². The van der Waals surface area contributed by atoms with E-state index in [-0.39, 0.29) is 12.4 Å². The molecule has 0 spiro atoms. The summed E-state index contributed by atoms with van der Waals surface area (Å²) >= 11 is 0. The fraction of sp³-hybridized carbons (Fsp3) is 0.0667. The van der Waals surface area contributed by atoms with Crippen molar-refractivity contribution in [1.82, 2.24) is 9.97 Å². The maximum atomic E-state index is 14.1. The molecule has 0 aliphatic carbocycles. The molecule has 0 saturated carbocycles. The van der Waals surface area contributed by atoms with E-state index in [4.69, 9.17) is 10.5 Å². The van der Waals surface area contributed by atoms with E-state index in [9.17, 15) is 4.39 Å². The first-order valence-corrected chi connectivity index (χ1v) is 6.14. The van der Waals surface area contributed by atoms with Crippen molar-refractivity contribution in [2.24, 2.45) is 5.73 Å². The van der Waals surface area contributed by atoms with Crippen LogP contribution in [0.4, 0.5) is 4.39 Å². The molecule has 3 rings (SSSR count). The molecule has 5 heteroatoms. The summed E-state index contributed by atoms with van der Waals surface area (Å²) in [6.07, 6.45) is 3.13. The van der Waals surface area contributed by atoms with Crippen LogP contribution in [0.1, 0.15) is 5.56 Å². The van der Waals surface area contributed by atoms with Gasteiger partial charge in [-0.05, 0) is 18.2 Å². The Morgan fingerprint density at radius 1 is 1.05 bits per heavy atom. The molecule has 2 N–H and O–H groups in total. The number of ether oxygens (including phenoxy) is 1. The number of nitrogens with two attached hydrogens (primary N) is 1. The quantitative estimate of drug-likeness (QED) is 0.794. The fourth-order valence-corrected chi connectivity index (χ4v) is 1.95. The van der Waals surface area contributed by atoms with Gasteiger partial charge in [-0.2, -0.15) is 0 Å². The first kappa shape index (κ1) is 12.5. The molecular formula is C15H12FN3O. The Balaban J connectivity index is 2.06. The average Bonchev–Trinajstić information content (AvgIpc) is 2.50. The van der Waals surface area contributed by atoms with Crippen LogP contribution in [0.2, 0.25) is 0 Å². The smallest absolute Gasteiger partial charge is 0.256 e. The van der Waals surface area contributed by atoms with Gasteiger partial charge in [0, 0.05) is 29.9 Å². The number of para-hydroxylation sites is 1. The number of hydrogen-bond acceptors (Lipinski definition) is 4. The van der Waals surface area contributed by atoms with Gasteiger partial charge in [-0.25, -0.2) is 9.37 Å². The lowest BCUT2D eigenvalue weighted by Gasteiger charge is -2.09. The second-order valence-corrected chi connectivity index (χ2v) is 4.23. The molecular weight excluding hydrogens is 257 g/mol. The Bertz CT molecular complexity index is 756. The van der Waals surface area contributed by atoms with E-state index >= 15 is 0 Å². The molecule has 2 aromatic heterocycles. The zero-order chi connectivity index (χ0) is 13.9. The minimum absolute atomic E-state index is 0.0916. The number of benzene rings is 1. The van der Waals surface area contributed by atoms with Crippen molar-refractivity contribution >= 4 is 10.9 Å². The summed E-state index contributed by atoms with van der Waals surface area (Å²) in [6.45, 7) is 0.0957. The summed E-state index contributed by atoms with van der Waals surface area (Å²) < 4.78 is 19.6. The molecule has 0 radical (unpaired) electrons. The zero-order valence-corrected chi connectivity index (χ0v) is 10.6. The Morgan fingerprint density at radius 2 is 1.90 bits per heavy atom. The summed E-state index contributed by atoms with van der Waals surface area (Å²) in [5, 5.41) is 0.917. The Labute approximate surface area is 115 Å². The Morgan fingerprint density at radius 3 is 2.75 bits per heavy atom. The van der Waals surface area contributed by atoms with E-state index in [2.05, 4.69) is 9.97 Å². The molecule has 2 heterocycles. The Kier molecular flexibility index (Phi) is 3.26. The second kappa shape index (κ2) is 5.22. The molecule has 100 valence electrons. The van der Waals surface area contributed by atoms with Crippen LogP contribution in [0.5, 0.6) is 11.6 Å². The van der Waals surface area contributed by atoms with Gasteiger partial charge in [0.2, 0.25) is 0 Å². The largest absolute Gasteiger partial charge is 0.434 e. The number of pyridine rings is 2. The van der Waals surface area contributed by atoms with Crippen LogP contribution >= 0.6 is 0 Å². The molecule has 0 atom stereocenters. The monoisotopic (exact) mass is 269 g/mol. The van der Waals surface area contributed by atoms with Crippen LogP contribution in [0, 0.1) is 5.82 Å². The van der Waals surface area contributed by atoms with Gasteiger partial charge in [0.05, 0.1) is 0 Å². The van der Waals surface area contributed by atoms with Crippen LogP contribution in [-0.4, -0.2) is 9.97 Å². The maximum Gasteiger partial charge on any atom is 0.256 e. The molecule has 0 bridgehead atoms. The summed E-state index contributed by atoms with van der Waals surface area (Å²) in [7, 11) is 0. The number of halogens is 1. The topological polar surface area (TPSA) is 61.0 Å². The number of nitrogens with zero attached hydrogens (tertiary/aromatic N) is 2. The van der Waals surface area contributed by atoms with Gasteiger partial charge >= 0.3 is 0 Å². The highest BCUT2D eigenvalue weighted by Crippen LogP contribution is 2.29. The molecule has 20 heavy (non-hydrogen) atoms. The van der Waals surface area contributed by atoms with Crippen molar-refractivity contribution < 1.29 is 9.13 Å². The molecule has 4 nitrogen and oxygen atoms in total. The normalized spacial score (nSPS) is 10.7. The van der Waals surface area contributed by atoms with Gasteiger partial charge in [0.25, 0.3) is 5.88 Å². The predicted octanol–water partition coefficient (Wildman–Crippen LogP) is 3.02. The van der Waals surface area contributed by atoms with Gasteiger partial charge in [-0.1, -0.05) is 18.2 Å². The number of aromatic nitrogens is 2. The molecule has 0 fully saturated rings. The van der Waals surface area contributed by atoms with Gasteiger partial charge in [0.1, 0.15) is 5.52 Å². The van der Waals surface area contributed by atoms with Gasteiger partial charge in [0.15, 0.2) is 11.6 Å². The lowest BCUT2D eigenvalue weighted by atomic mass is 10.2. The van der Waals surface area contributed by atoms with Crippen molar-refractivity contribution in [2.75, 3.05) is 0 Å². The van der Waals surface area contributed by atoms with Crippen molar-refractivity contribution in [1.29, 1.82) is 0 Å². The molecule has 3 aromatic rings. The first-order valence-electron chi connectivity index (χ1n) is 6.14. The summed E-state index contributed by atoms with van der Waals surface area (Å²) in [5.41, 5.74) is 6.49. The summed E-state index contributed by atoms with van der Waals surface area (Å²) in [6, 6.07) is 10.7. The highest BCUT2D eigenvalue weighted by atomic mass is 19.1. The van der Waals surface area contributed by atoms with Crippen molar-refractivity contribution in [3.8, 4) is 11.6 Å². The van der Waals surface area contributed by atoms with E-state index in [1.807, 2.05) is 24.3 Å². The van der Waals surface area contributed by atoms with Gasteiger partial charge in [-0.3, -0.25) is 4.98 Å². The third-order valence-corrected chi connectivity index (χ3v) is 2.96. The van der Waals surface area contributed by atoms with Gasteiger partial charge < -0.3 is 10.5 Å². The standard InChI is InChI=1S/C15H12FN3O/c16-13-11(9-17)6-8-19-15(13)20-12-5-1-3-10-4-2-7-18-14(10)12/h1-8H,9,17H2. The summed E-state index contributed by atoms with van der Waals surface area (Å²) in [5.74, 6) is -0.169. The third-order valence-electron chi connectivity index (χ3n) is 2.96. The molecule has 0 saturated heterocycles. The van der Waals surface area contributed by atoms with E-state index in [1.165, 1.54) is 12.3 Å². The molecule has 0 amide bonds. The lowest BCUT2D eigenvalue weighted by molar-refractivity contribution is 0.422. The Hall–Kier alpha value is -2.53. The van der Waals surface area contributed by atoms with Crippen molar-refractivity contribution in [3.05, 3.63) is 60.2 Å². The maximum absolute atomic E-state index is 14.1. The third kappa shape index (κ3) is 2.19. The van der Waals surface area contributed by atoms with Crippen LogP contribution < -0.4 is 10.5 Å².